The fourth-order valence-corrected chi connectivity index (χ4v) is 2.55. The molecule has 2 N–H and O–H groups in total. The summed E-state index contributed by atoms with van der Waals surface area (Å²) in [4.78, 5) is 24.8. The molecule has 0 atom stereocenters. The van der Waals surface area contributed by atoms with Crippen molar-refractivity contribution in [1.29, 1.82) is 0 Å². The molecule has 1 aromatic carbocycles. The summed E-state index contributed by atoms with van der Waals surface area (Å²) < 4.78 is 10.5. The average Bonchev–Trinajstić information content (AvgIpc) is 3.20. The lowest BCUT2D eigenvalue weighted by Gasteiger charge is -2.16. The third kappa shape index (κ3) is 3.25. The highest BCUT2D eigenvalue weighted by Gasteiger charge is 2.56. The summed E-state index contributed by atoms with van der Waals surface area (Å²) in [5.74, 6) is 1.37. The fraction of sp³-hybridized carbons (Fsp3) is 0.529. The molecule has 1 aliphatic carbocycles. The van der Waals surface area contributed by atoms with E-state index < -0.39 is 5.41 Å². The third-order valence-electron chi connectivity index (χ3n) is 4.26. The van der Waals surface area contributed by atoms with E-state index in [0.29, 0.717) is 42.5 Å². The minimum atomic E-state index is -0.909. The molecule has 1 aliphatic heterocycles. The van der Waals surface area contributed by atoms with E-state index in [1.54, 1.807) is 18.2 Å². The Labute approximate surface area is 135 Å². The van der Waals surface area contributed by atoms with Gasteiger partial charge in [-0.1, -0.05) is 13.8 Å². The monoisotopic (exact) mass is 318 g/mol. The number of nitrogens with one attached hydrogen (secondary N) is 2. The number of anilines is 1. The van der Waals surface area contributed by atoms with E-state index in [1.165, 1.54) is 0 Å². The van der Waals surface area contributed by atoms with Gasteiger partial charge >= 0.3 is 0 Å². The second kappa shape index (κ2) is 6.10. The largest absolute Gasteiger partial charge is 0.454 e. The lowest BCUT2D eigenvalue weighted by Crippen LogP contribution is -2.40. The van der Waals surface area contributed by atoms with Gasteiger partial charge in [0.25, 0.3) is 0 Å². The van der Waals surface area contributed by atoms with E-state index in [2.05, 4.69) is 24.5 Å². The predicted octanol–water partition coefficient (Wildman–Crippen LogP) is 2.30. The van der Waals surface area contributed by atoms with Gasteiger partial charge in [0.05, 0.1) is 0 Å². The molecule has 1 saturated carbocycles. The van der Waals surface area contributed by atoms with Crippen LogP contribution < -0.4 is 20.1 Å². The standard InChI is InChI=1S/C17H22N2O4/c1-11(2)5-8-18-15(20)17(6-7-17)16(21)19-12-3-4-13-14(9-12)23-10-22-13/h3-4,9,11H,5-8,10H2,1-2H3,(H,18,20)(H,19,21). The van der Waals surface area contributed by atoms with E-state index in [-0.39, 0.29) is 18.6 Å². The highest BCUT2D eigenvalue weighted by atomic mass is 16.7. The second-order valence-corrected chi connectivity index (χ2v) is 6.54. The number of hydrogen-bond donors (Lipinski definition) is 2. The van der Waals surface area contributed by atoms with Crippen LogP contribution in [0.25, 0.3) is 0 Å². The van der Waals surface area contributed by atoms with Gasteiger partial charge < -0.3 is 20.1 Å². The van der Waals surface area contributed by atoms with Crippen molar-refractivity contribution in [1.82, 2.24) is 5.32 Å². The van der Waals surface area contributed by atoms with Crippen LogP contribution in [-0.2, 0) is 9.59 Å². The maximum Gasteiger partial charge on any atom is 0.240 e. The van der Waals surface area contributed by atoms with Gasteiger partial charge in [0.15, 0.2) is 11.5 Å². The average molecular weight is 318 g/mol. The Balaban J connectivity index is 1.60. The molecule has 1 fully saturated rings. The van der Waals surface area contributed by atoms with Gasteiger partial charge in [0.1, 0.15) is 5.41 Å². The van der Waals surface area contributed by atoms with Crippen LogP contribution in [-0.4, -0.2) is 25.2 Å². The van der Waals surface area contributed by atoms with Crippen LogP contribution in [0.1, 0.15) is 33.1 Å². The topological polar surface area (TPSA) is 76.7 Å². The molecule has 6 nitrogen and oxygen atoms in total. The van der Waals surface area contributed by atoms with Crippen molar-refractivity contribution in [2.24, 2.45) is 11.3 Å². The fourth-order valence-electron chi connectivity index (χ4n) is 2.55. The zero-order valence-corrected chi connectivity index (χ0v) is 13.5. The summed E-state index contributed by atoms with van der Waals surface area (Å²) in [6.07, 6.45) is 2.10. The van der Waals surface area contributed by atoms with Crippen LogP contribution in [0, 0.1) is 11.3 Å². The van der Waals surface area contributed by atoms with Crippen molar-refractivity contribution in [2.45, 2.75) is 33.1 Å². The quantitative estimate of drug-likeness (QED) is 0.789. The lowest BCUT2D eigenvalue weighted by molar-refractivity contribution is -0.134. The Bertz CT molecular complexity index is 623. The molecule has 0 spiro atoms. The molecule has 2 aliphatic rings. The van der Waals surface area contributed by atoms with Gasteiger partial charge in [-0.15, -0.1) is 0 Å². The molecule has 1 heterocycles. The van der Waals surface area contributed by atoms with Gasteiger partial charge in [-0.3, -0.25) is 9.59 Å². The molecule has 0 bridgehead atoms. The SMILES string of the molecule is CC(C)CCNC(=O)C1(C(=O)Nc2ccc3c(c2)OCO3)CC1. The molecule has 0 unspecified atom stereocenters. The Hall–Kier alpha value is -2.24. The van der Waals surface area contributed by atoms with Crippen LogP contribution in [0.15, 0.2) is 18.2 Å². The maximum absolute atomic E-state index is 12.5. The highest BCUT2D eigenvalue weighted by molar-refractivity contribution is 6.13. The van der Waals surface area contributed by atoms with Gasteiger partial charge in [0.2, 0.25) is 18.6 Å². The van der Waals surface area contributed by atoms with Gasteiger partial charge in [-0.05, 0) is 37.3 Å². The van der Waals surface area contributed by atoms with E-state index >= 15 is 0 Å². The molecule has 124 valence electrons. The molecule has 1 aromatic rings. The molecule has 23 heavy (non-hydrogen) atoms. The predicted molar refractivity (Wildman–Crippen MR) is 85.3 cm³/mol. The number of rotatable bonds is 6. The summed E-state index contributed by atoms with van der Waals surface area (Å²) in [5.41, 5.74) is -0.298. The van der Waals surface area contributed by atoms with Crippen molar-refractivity contribution in [2.75, 3.05) is 18.7 Å². The van der Waals surface area contributed by atoms with Crippen LogP contribution in [0.5, 0.6) is 11.5 Å². The number of carbonyl (C=O) groups excluding carboxylic acids is 2. The number of carbonyl (C=O) groups is 2. The van der Waals surface area contributed by atoms with Crippen LogP contribution >= 0.6 is 0 Å². The first-order valence-electron chi connectivity index (χ1n) is 8.01. The van der Waals surface area contributed by atoms with Crippen molar-refractivity contribution in [3.63, 3.8) is 0 Å². The summed E-state index contributed by atoms with van der Waals surface area (Å²) in [6.45, 7) is 5.00. The lowest BCUT2D eigenvalue weighted by atomic mass is 10.0. The van der Waals surface area contributed by atoms with E-state index in [1.807, 2.05) is 0 Å². The Morgan fingerprint density at radius 1 is 1.17 bits per heavy atom. The summed E-state index contributed by atoms with van der Waals surface area (Å²) in [7, 11) is 0. The first kappa shape index (κ1) is 15.6. The minimum absolute atomic E-state index is 0.170. The number of hydrogen-bond acceptors (Lipinski definition) is 4. The zero-order valence-electron chi connectivity index (χ0n) is 13.5. The third-order valence-corrected chi connectivity index (χ3v) is 4.26. The van der Waals surface area contributed by atoms with Crippen molar-refractivity contribution in [3.8, 4) is 11.5 Å². The normalized spacial score (nSPS) is 17.0. The Morgan fingerprint density at radius 2 is 1.91 bits per heavy atom. The van der Waals surface area contributed by atoms with Crippen LogP contribution in [0.4, 0.5) is 5.69 Å². The number of amides is 2. The zero-order chi connectivity index (χ0) is 16.4. The smallest absolute Gasteiger partial charge is 0.240 e. The molecule has 2 amide bonds. The van der Waals surface area contributed by atoms with Crippen molar-refractivity contribution < 1.29 is 19.1 Å². The molecular formula is C17H22N2O4. The number of benzene rings is 1. The van der Waals surface area contributed by atoms with Crippen molar-refractivity contribution >= 4 is 17.5 Å². The Kier molecular flexibility index (Phi) is 4.15. The molecule has 0 radical (unpaired) electrons. The Morgan fingerprint density at radius 3 is 2.61 bits per heavy atom. The van der Waals surface area contributed by atoms with Gasteiger partial charge in [0, 0.05) is 18.3 Å². The maximum atomic E-state index is 12.5. The number of fused-ring (bicyclic) bond motifs is 1. The van der Waals surface area contributed by atoms with Gasteiger partial charge in [-0.25, -0.2) is 0 Å². The highest BCUT2D eigenvalue weighted by Crippen LogP contribution is 2.47. The summed E-state index contributed by atoms with van der Waals surface area (Å²) >= 11 is 0. The number of ether oxygens (including phenoxy) is 2. The summed E-state index contributed by atoms with van der Waals surface area (Å²) in [6, 6.07) is 5.21. The first-order valence-corrected chi connectivity index (χ1v) is 8.01. The van der Waals surface area contributed by atoms with Crippen molar-refractivity contribution in [3.05, 3.63) is 18.2 Å². The van der Waals surface area contributed by atoms with E-state index in [4.69, 9.17) is 9.47 Å². The first-order chi connectivity index (χ1) is 11.0. The van der Waals surface area contributed by atoms with E-state index in [9.17, 15) is 9.59 Å². The molecule has 0 aromatic heterocycles. The molecule has 0 saturated heterocycles. The molecule has 3 rings (SSSR count). The molecular weight excluding hydrogens is 296 g/mol. The molecule has 6 heteroatoms. The second-order valence-electron chi connectivity index (χ2n) is 6.54. The van der Waals surface area contributed by atoms with Gasteiger partial charge in [-0.2, -0.15) is 0 Å². The van der Waals surface area contributed by atoms with Crippen LogP contribution in [0.3, 0.4) is 0 Å². The van der Waals surface area contributed by atoms with Crippen LogP contribution in [0.2, 0.25) is 0 Å². The minimum Gasteiger partial charge on any atom is -0.454 e. The summed E-state index contributed by atoms with van der Waals surface area (Å²) in [5, 5.41) is 5.70. The van der Waals surface area contributed by atoms with E-state index in [0.717, 1.165) is 6.42 Å².